The molecule has 0 aliphatic heterocycles. The van der Waals surface area contributed by atoms with Gasteiger partial charge in [0.25, 0.3) is 5.91 Å². The highest BCUT2D eigenvalue weighted by Gasteiger charge is 2.30. The molecule has 2 aromatic carbocycles. The second-order valence-electron chi connectivity index (χ2n) is 6.88. The van der Waals surface area contributed by atoms with E-state index in [9.17, 15) is 22.8 Å². The lowest BCUT2D eigenvalue weighted by Crippen LogP contribution is -2.33. The number of benzene rings is 2. The number of alkyl halides is 3. The third-order valence-corrected chi connectivity index (χ3v) is 5.43. The van der Waals surface area contributed by atoms with Crippen LogP contribution in [-0.2, 0) is 6.18 Å². The molecule has 5 nitrogen and oxygen atoms in total. The first-order chi connectivity index (χ1) is 14.6. The van der Waals surface area contributed by atoms with Crippen molar-refractivity contribution in [2.24, 2.45) is 0 Å². The first-order valence-electron chi connectivity index (χ1n) is 9.41. The molecule has 0 saturated carbocycles. The Morgan fingerprint density at radius 3 is 2.48 bits per heavy atom. The number of carbonyl (C=O) groups excluding carboxylic acids is 1. The second kappa shape index (κ2) is 9.38. The van der Waals surface area contributed by atoms with Crippen molar-refractivity contribution in [3.05, 3.63) is 87.3 Å². The highest BCUT2D eigenvalue weighted by molar-refractivity contribution is 7.99. The van der Waals surface area contributed by atoms with Gasteiger partial charge in [-0.1, -0.05) is 23.8 Å². The maximum Gasteiger partial charge on any atom is 0.416 e. The SMILES string of the molecule is Cc1ccc(SCCNC(=O)c2nn(-c3cccc(C(F)(F)F)c3)c(C)cc2=O)cc1. The third kappa shape index (κ3) is 5.75. The van der Waals surface area contributed by atoms with Gasteiger partial charge in [-0.3, -0.25) is 9.59 Å². The molecule has 1 N–H and O–H groups in total. The molecule has 1 amide bonds. The molecule has 162 valence electrons. The van der Waals surface area contributed by atoms with Gasteiger partial charge in [0, 0.05) is 29.0 Å². The van der Waals surface area contributed by atoms with E-state index in [0.29, 0.717) is 18.0 Å². The number of carbonyl (C=O) groups is 1. The number of aryl methyl sites for hydroxylation is 2. The van der Waals surface area contributed by atoms with E-state index in [1.807, 2.05) is 31.2 Å². The van der Waals surface area contributed by atoms with Crippen molar-refractivity contribution >= 4 is 17.7 Å². The van der Waals surface area contributed by atoms with E-state index in [4.69, 9.17) is 0 Å². The molecule has 0 aliphatic rings. The molecular formula is C22H20F3N3O2S. The lowest BCUT2D eigenvalue weighted by Gasteiger charge is -2.13. The fraction of sp³-hybridized carbons (Fsp3) is 0.227. The van der Waals surface area contributed by atoms with Gasteiger partial charge in [-0.2, -0.15) is 18.3 Å². The van der Waals surface area contributed by atoms with Gasteiger partial charge in [0.2, 0.25) is 5.43 Å². The Balaban J connectivity index is 1.74. The molecular weight excluding hydrogens is 427 g/mol. The smallest absolute Gasteiger partial charge is 0.350 e. The highest BCUT2D eigenvalue weighted by atomic mass is 32.2. The van der Waals surface area contributed by atoms with Crippen molar-refractivity contribution in [2.45, 2.75) is 24.9 Å². The highest BCUT2D eigenvalue weighted by Crippen LogP contribution is 2.30. The number of hydrogen-bond donors (Lipinski definition) is 1. The van der Waals surface area contributed by atoms with Gasteiger partial charge in [-0.15, -0.1) is 11.8 Å². The quantitative estimate of drug-likeness (QED) is 0.450. The molecule has 3 rings (SSSR count). The lowest BCUT2D eigenvalue weighted by atomic mass is 10.2. The molecule has 31 heavy (non-hydrogen) atoms. The van der Waals surface area contributed by atoms with E-state index in [-0.39, 0.29) is 11.4 Å². The zero-order valence-electron chi connectivity index (χ0n) is 16.9. The number of hydrogen-bond acceptors (Lipinski definition) is 4. The summed E-state index contributed by atoms with van der Waals surface area (Å²) in [4.78, 5) is 25.8. The zero-order chi connectivity index (χ0) is 22.6. The first-order valence-corrected chi connectivity index (χ1v) is 10.4. The second-order valence-corrected chi connectivity index (χ2v) is 8.04. The molecule has 1 aromatic heterocycles. The number of nitrogens with one attached hydrogen (secondary N) is 1. The Kier molecular flexibility index (Phi) is 6.84. The molecule has 0 saturated heterocycles. The van der Waals surface area contributed by atoms with Crippen LogP contribution in [0.1, 0.15) is 27.3 Å². The molecule has 9 heteroatoms. The predicted octanol–water partition coefficient (Wildman–Crippen LogP) is 4.39. The van der Waals surface area contributed by atoms with Crippen molar-refractivity contribution in [3.8, 4) is 5.69 Å². The van der Waals surface area contributed by atoms with Gasteiger partial charge in [-0.05, 0) is 44.2 Å². The summed E-state index contributed by atoms with van der Waals surface area (Å²) in [7, 11) is 0. The minimum Gasteiger partial charge on any atom is -0.350 e. The van der Waals surface area contributed by atoms with Gasteiger partial charge in [0.15, 0.2) is 5.69 Å². The summed E-state index contributed by atoms with van der Waals surface area (Å²) in [5, 5.41) is 6.67. The van der Waals surface area contributed by atoms with E-state index in [0.717, 1.165) is 27.3 Å². The Bertz CT molecular complexity index is 1140. The van der Waals surface area contributed by atoms with Crippen LogP contribution in [0.5, 0.6) is 0 Å². The standard InChI is InChI=1S/C22H20F3N3O2S/c1-14-6-8-18(9-7-14)31-11-10-26-21(30)20-19(29)12-15(2)28(27-20)17-5-3-4-16(13-17)22(23,24)25/h3-9,12-13H,10-11H2,1-2H3,(H,26,30). The van der Waals surface area contributed by atoms with Crippen LogP contribution in [0.15, 0.2) is 64.3 Å². The molecule has 0 bridgehead atoms. The van der Waals surface area contributed by atoms with Gasteiger partial charge >= 0.3 is 6.18 Å². The molecule has 0 atom stereocenters. The van der Waals surface area contributed by atoms with Crippen molar-refractivity contribution in [1.29, 1.82) is 0 Å². The lowest BCUT2D eigenvalue weighted by molar-refractivity contribution is -0.137. The fourth-order valence-corrected chi connectivity index (χ4v) is 3.60. The van der Waals surface area contributed by atoms with Crippen molar-refractivity contribution in [2.75, 3.05) is 12.3 Å². The third-order valence-electron chi connectivity index (χ3n) is 4.42. The Morgan fingerprint density at radius 2 is 1.81 bits per heavy atom. The van der Waals surface area contributed by atoms with Crippen LogP contribution in [0.3, 0.4) is 0 Å². The van der Waals surface area contributed by atoms with Crippen LogP contribution >= 0.6 is 11.8 Å². The molecule has 0 fully saturated rings. The number of aromatic nitrogens is 2. The first kappa shape index (κ1) is 22.6. The van der Waals surface area contributed by atoms with E-state index in [2.05, 4.69) is 10.4 Å². The minimum absolute atomic E-state index is 0.108. The summed E-state index contributed by atoms with van der Waals surface area (Å²) in [5.74, 6) is -0.0853. The average Bonchev–Trinajstić information content (AvgIpc) is 2.72. The van der Waals surface area contributed by atoms with Crippen LogP contribution < -0.4 is 10.7 Å². The van der Waals surface area contributed by atoms with E-state index in [1.165, 1.54) is 25.1 Å². The molecule has 3 aromatic rings. The molecule has 0 spiro atoms. The Morgan fingerprint density at radius 1 is 1.10 bits per heavy atom. The van der Waals surface area contributed by atoms with Crippen molar-refractivity contribution in [1.82, 2.24) is 15.1 Å². The van der Waals surface area contributed by atoms with E-state index in [1.54, 1.807) is 11.8 Å². The Labute approximate surface area is 181 Å². The summed E-state index contributed by atoms with van der Waals surface area (Å²) in [6.07, 6.45) is -4.52. The molecule has 1 heterocycles. The number of amides is 1. The number of nitrogens with zero attached hydrogens (tertiary/aromatic N) is 2. The molecule has 0 radical (unpaired) electrons. The molecule has 0 unspecified atom stereocenters. The zero-order valence-corrected chi connectivity index (χ0v) is 17.7. The number of thioether (sulfide) groups is 1. The Hall–Kier alpha value is -3.07. The number of halogens is 3. The fourth-order valence-electron chi connectivity index (χ4n) is 2.83. The minimum atomic E-state index is -4.52. The maximum atomic E-state index is 13.0. The summed E-state index contributed by atoms with van der Waals surface area (Å²) in [6.45, 7) is 3.83. The topological polar surface area (TPSA) is 64.0 Å². The van der Waals surface area contributed by atoms with Gasteiger partial charge < -0.3 is 5.32 Å². The van der Waals surface area contributed by atoms with Crippen LogP contribution in [0.4, 0.5) is 13.2 Å². The van der Waals surface area contributed by atoms with Gasteiger partial charge in [0.05, 0.1) is 11.3 Å². The molecule has 0 aliphatic carbocycles. The monoisotopic (exact) mass is 447 g/mol. The van der Waals surface area contributed by atoms with Crippen LogP contribution in [0, 0.1) is 13.8 Å². The van der Waals surface area contributed by atoms with Crippen molar-refractivity contribution < 1.29 is 18.0 Å². The largest absolute Gasteiger partial charge is 0.416 e. The summed E-state index contributed by atoms with van der Waals surface area (Å²) in [5.41, 5.74) is -0.232. The summed E-state index contributed by atoms with van der Waals surface area (Å²) in [6, 6.07) is 13.7. The van der Waals surface area contributed by atoms with E-state index >= 15 is 0 Å². The predicted molar refractivity (Wildman–Crippen MR) is 114 cm³/mol. The van der Waals surface area contributed by atoms with E-state index < -0.39 is 23.1 Å². The maximum absolute atomic E-state index is 13.0. The van der Waals surface area contributed by atoms with Gasteiger partial charge in [-0.25, -0.2) is 4.68 Å². The normalized spacial score (nSPS) is 11.4. The summed E-state index contributed by atoms with van der Waals surface area (Å²) < 4.78 is 40.2. The van der Waals surface area contributed by atoms with Crippen molar-refractivity contribution in [3.63, 3.8) is 0 Å². The summed E-state index contributed by atoms with van der Waals surface area (Å²) >= 11 is 1.55. The van der Waals surface area contributed by atoms with Crippen LogP contribution in [0.2, 0.25) is 0 Å². The average molecular weight is 447 g/mol. The van der Waals surface area contributed by atoms with Crippen LogP contribution in [-0.4, -0.2) is 28.0 Å². The van der Waals surface area contributed by atoms with Crippen LogP contribution in [0.25, 0.3) is 5.69 Å². The van der Waals surface area contributed by atoms with Gasteiger partial charge in [0.1, 0.15) is 0 Å². The number of rotatable bonds is 6.